The Morgan fingerprint density at radius 2 is 1.66 bits per heavy atom. The van der Waals surface area contributed by atoms with Gasteiger partial charge in [0, 0.05) is 17.0 Å². The van der Waals surface area contributed by atoms with E-state index in [4.69, 9.17) is 10.5 Å². The average Bonchev–Trinajstić information content (AvgIpc) is 2.84. The van der Waals surface area contributed by atoms with Crippen LogP contribution in [0.4, 0.5) is 11.8 Å². The van der Waals surface area contributed by atoms with Gasteiger partial charge in [-0.05, 0) is 42.2 Å². The molecule has 1 saturated carbocycles. The van der Waals surface area contributed by atoms with Gasteiger partial charge in [-0.15, -0.1) is 0 Å². The molecular formula is C27H28N4O. The van der Waals surface area contributed by atoms with Crippen molar-refractivity contribution in [3.8, 4) is 16.9 Å². The Balaban J connectivity index is 1.48. The third-order valence-electron chi connectivity index (χ3n) is 6.09. The number of ether oxygens (including phenoxy) is 1. The summed E-state index contributed by atoms with van der Waals surface area (Å²) in [7, 11) is 0. The van der Waals surface area contributed by atoms with Crippen LogP contribution in [-0.4, -0.2) is 16.0 Å². The highest BCUT2D eigenvalue weighted by Crippen LogP contribution is 2.34. The highest BCUT2D eigenvalue weighted by Gasteiger charge is 2.17. The lowest BCUT2D eigenvalue weighted by Crippen LogP contribution is -2.23. The second-order valence-corrected chi connectivity index (χ2v) is 8.41. The number of anilines is 2. The van der Waals surface area contributed by atoms with E-state index in [9.17, 15) is 0 Å². The minimum atomic E-state index is 0.301. The summed E-state index contributed by atoms with van der Waals surface area (Å²) in [6, 6.07) is 25.0. The number of fused-ring (bicyclic) bond motifs is 1. The standard InChI is InChI=1S/C27H28N4O/c28-27-30-24-16-15-20(17-23(24)26(31-27)29-21-11-5-2-6-12-21)22-13-7-8-14-25(22)32-18-19-9-3-1-4-10-19/h1,3-4,7-10,13-17,21H,2,5-6,11-12,18H2,(H3,28,29,30,31). The van der Waals surface area contributed by atoms with Crippen molar-refractivity contribution in [3.63, 3.8) is 0 Å². The molecule has 1 aromatic heterocycles. The summed E-state index contributed by atoms with van der Waals surface area (Å²) >= 11 is 0. The fraction of sp³-hybridized carbons (Fsp3) is 0.259. The number of rotatable bonds is 6. The van der Waals surface area contributed by atoms with E-state index in [0.29, 0.717) is 18.6 Å². The zero-order valence-corrected chi connectivity index (χ0v) is 18.1. The quantitative estimate of drug-likeness (QED) is 0.385. The third-order valence-corrected chi connectivity index (χ3v) is 6.09. The number of nitrogen functional groups attached to an aromatic ring is 1. The summed E-state index contributed by atoms with van der Waals surface area (Å²) in [4.78, 5) is 9.01. The zero-order valence-electron chi connectivity index (χ0n) is 18.1. The molecule has 3 N–H and O–H groups in total. The summed E-state index contributed by atoms with van der Waals surface area (Å²) < 4.78 is 6.19. The van der Waals surface area contributed by atoms with Crippen molar-refractivity contribution in [2.45, 2.75) is 44.8 Å². The predicted octanol–water partition coefficient (Wildman–Crippen LogP) is 6.20. The highest BCUT2D eigenvalue weighted by atomic mass is 16.5. The number of nitrogens with one attached hydrogen (secondary N) is 1. The first-order chi connectivity index (χ1) is 15.8. The van der Waals surface area contributed by atoms with Crippen molar-refractivity contribution in [3.05, 3.63) is 78.4 Å². The van der Waals surface area contributed by atoms with Gasteiger partial charge in [-0.3, -0.25) is 0 Å². The van der Waals surface area contributed by atoms with Gasteiger partial charge in [0.2, 0.25) is 5.95 Å². The third kappa shape index (κ3) is 4.52. The van der Waals surface area contributed by atoms with Crippen LogP contribution in [0.1, 0.15) is 37.7 Å². The summed E-state index contributed by atoms with van der Waals surface area (Å²) in [5.74, 6) is 1.98. The summed E-state index contributed by atoms with van der Waals surface area (Å²) in [6.45, 7) is 0.527. The van der Waals surface area contributed by atoms with Crippen molar-refractivity contribution >= 4 is 22.7 Å². The van der Waals surface area contributed by atoms with E-state index >= 15 is 0 Å². The van der Waals surface area contributed by atoms with E-state index in [2.05, 4.69) is 45.6 Å². The first kappa shape index (κ1) is 20.3. The van der Waals surface area contributed by atoms with Crippen LogP contribution in [0.5, 0.6) is 5.75 Å². The predicted molar refractivity (Wildman–Crippen MR) is 131 cm³/mol. The summed E-state index contributed by atoms with van der Waals surface area (Å²) in [6.07, 6.45) is 6.17. The normalized spacial score (nSPS) is 14.4. The number of aromatic nitrogens is 2. The van der Waals surface area contributed by atoms with E-state index in [1.807, 2.05) is 42.5 Å². The van der Waals surface area contributed by atoms with Crippen molar-refractivity contribution in [1.82, 2.24) is 9.97 Å². The van der Waals surface area contributed by atoms with Crippen molar-refractivity contribution in [2.24, 2.45) is 0 Å². The van der Waals surface area contributed by atoms with E-state index in [-0.39, 0.29) is 0 Å². The Labute approximate surface area is 188 Å². The lowest BCUT2D eigenvalue weighted by molar-refractivity contribution is 0.307. The molecule has 0 bridgehead atoms. The molecule has 5 rings (SSSR count). The Morgan fingerprint density at radius 1 is 0.875 bits per heavy atom. The van der Waals surface area contributed by atoms with Crippen LogP contribution in [0.15, 0.2) is 72.8 Å². The first-order valence-corrected chi connectivity index (χ1v) is 11.4. The molecule has 0 aliphatic heterocycles. The Morgan fingerprint density at radius 3 is 2.50 bits per heavy atom. The van der Waals surface area contributed by atoms with E-state index in [0.717, 1.165) is 39.2 Å². The van der Waals surface area contributed by atoms with Crippen LogP contribution in [0.25, 0.3) is 22.0 Å². The van der Waals surface area contributed by atoms with Gasteiger partial charge >= 0.3 is 0 Å². The average molecular weight is 425 g/mol. The molecule has 0 unspecified atom stereocenters. The van der Waals surface area contributed by atoms with Gasteiger partial charge in [0.1, 0.15) is 18.2 Å². The van der Waals surface area contributed by atoms with Crippen LogP contribution in [0, 0.1) is 0 Å². The van der Waals surface area contributed by atoms with Crippen molar-refractivity contribution in [1.29, 1.82) is 0 Å². The van der Waals surface area contributed by atoms with E-state index in [1.54, 1.807) is 0 Å². The van der Waals surface area contributed by atoms with Crippen LogP contribution in [0.2, 0.25) is 0 Å². The molecule has 5 heteroatoms. The van der Waals surface area contributed by atoms with Gasteiger partial charge in [0.15, 0.2) is 0 Å². The topological polar surface area (TPSA) is 73.1 Å². The van der Waals surface area contributed by atoms with E-state index in [1.165, 1.54) is 32.1 Å². The first-order valence-electron chi connectivity index (χ1n) is 11.4. The summed E-state index contributed by atoms with van der Waals surface area (Å²) in [5, 5.41) is 4.63. The molecule has 0 amide bonds. The molecule has 162 valence electrons. The van der Waals surface area contributed by atoms with Gasteiger partial charge < -0.3 is 15.8 Å². The molecule has 1 aliphatic rings. The maximum Gasteiger partial charge on any atom is 0.222 e. The van der Waals surface area contributed by atoms with Gasteiger partial charge in [-0.1, -0.05) is 73.9 Å². The molecule has 4 aromatic rings. The largest absolute Gasteiger partial charge is 0.488 e. The Hall–Kier alpha value is -3.60. The molecule has 3 aromatic carbocycles. The lowest BCUT2D eigenvalue weighted by Gasteiger charge is -2.24. The number of nitrogens with zero attached hydrogens (tertiary/aromatic N) is 2. The fourth-order valence-corrected chi connectivity index (χ4v) is 4.43. The summed E-state index contributed by atoms with van der Waals surface area (Å²) in [5.41, 5.74) is 10.1. The zero-order chi connectivity index (χ0) is 21.8. The smallest absolute Gasteiger partial charge is 0.222 e. The van der Waals surface area contributed by atoms with Crippen molar-refractivity contribution < 1.29 is 4.74 Å². The molecule has 0 radical (unpaired) electrons. The lowest BCUT2D eigenvalue weighted by atomic mass is 9.95. The van der Waals surface area contributed by atoms with Crippen LogP contribution in [-0.2, 0) is 6.61 Å². The van der Waals surface area contributed by atoms with E-state index < -0.39 is 0 Å². The maximum absolute atomic E-state index is 6.19. The molecule has 5 nitrogen and oxygen atoms in total. The highest BCUT2D eigenvalue weighted by molar-refractivity contribution is 5.94. The van der Waals surface area contributed by atoms with Gasteiger partial charge in [0.25, 0.3) is 0 Å². The minimum absolute atomic E-state index is 0.301. The maximum atomic E-state index is 6.19. The fourth-order valence-electron chi connectivity index (χ4n) is 4.43. The molecule has 0 saturated heterocycles. The van der Waals surface area contributed by atoms with Crippen LogP contribution < -0.4 is 15.8 Å². The molecule has 0 atom stereocenters. The molecule has 0 spiro atoms. The number of hydrogen-bond donors (Lipinski definition) is 2. The Kier molecular flexibility index (Phi) is 5.88. The monoisotopic (exact) mass is 424 g/mol. The second-order valence-electron chi connectivity index (χ2n) is 8.41. The minimum Gasteiger partial charge on any atom is -0.488 e. The molecule has 1 aliphatic carbocycles. The Bertz CT molecular complexity index is 1200. The molecular weight excluding hydrogens is 396 g/mol. The van der Waals surface area contributed by atoms with Crippen molar-refractivity contribution in [2.75, 3.05) is 11.1 Å². The number of hydrogen-bond acceptors (Lipinski definition) is 5. The number of benzene rings is 3. The van der Waals surface area contributed by atoms with Crippen LogP contribution in [0.3, 0.4) is 0 Å². The number of nitrogens with two attached hydrogens (primary N) is 1. The molecule has 32 heavy (non-hydrogen) atoms. The van der Waals surface area contributed by atoms with Gasteiger partial charge in [-0.2, -0.15) is 4.98 Å². The van der Waals surface area contributed by atoms with Crippen LogP contribution >= 0.6 is 0 Å². The van der Waals surface area contributed by atoms with Gasteiger partial charge in [0.05, 0.1) is 5.52 Å². The second kappa shape index (κ2) is 9.27. The number of para-hydroxylation sites is 1. The SMILES string of the molecule is Nc1nc(NC2CCCCC2)c2cc(-c3ccccc3OCc3ccccc3)ccc2n1. The molecule has 1 heterocycles. The van der Waals surface area contributed by atoms with Gasteiger partial charge in [-0.25, -0.2) is 4.98 Å². The molecule has 1 fully saturated rings.